The van der Waals surface area contributed by atoms with Crippen molar-refractivity contribution in [2.45, 2.75) is 24.7 Å². The van der Waals surface area contributed by atoms with E-state index in [0.29, 0.717) is 11.4 Å². The number of nitrogens with zero attached hydrogens (tertiary/aromatic N) is 4. The minimum absolute atomic E-state index is 0.0605. The topological polar surface area (TPSA) is 99.8 Å². The molecule has 2 heterocycles. The molecule has 26 heavy (non-hydrogen) atoms. The number of carbonyl (C=O) groups excluding carboxylic acids is 1. The van der Waals surface area contributed by atoms with Crippen molar-refractivity contribution in [3.63, 3.8) is 0 Å². The van der Waals surface area contributed by atoms with Gasteiger partial charge in [0.25, 0.3) is 12.3 Å². The molecule has 0 radical (unpaired) electrons. The molecule has 2 N–H and O–H groups in total. The molecule has 4 rings (SSSR count). The minimum atomic E-state index is -2.65. The predicted octanol–water partition coefficient (Wildman–Crippen LogP) is 2.59. The number of rotatable bonds is 5. The van der Waals surface area contributed by atoms with Crippen molar-refractivity contribution in [2.75, 3.05) is 0 Å². The van der Waals surface area contributed by atoms with E-state index in [1.54, 1.807) is 12.1 Å². The summed E-state index contributed by atoms with van der Waals surface area (Å²) in [6.07, 6.45) is -1.18. The van der Waals surface area contributed by atoms with E-state index < -0.39 is 17.7 Å². The van der Waals surface area contributed by atoms with Crippen LogP contribution in [0.5, 0.6) is 0 Å². The highest BCUT2D eigenvalue weighted by molar-refractivity contribution is 5.95. The normalized spacial score (nSPS) is 15.4. The van der Waals surface area contributed by atoms with Crippen molar-refractivity contribution < 1.29 is 18.1 Å². The fourth-order valence-electron chi connectivity index (χ4n) is 3.17. The fraction of sp³-hybridized carbons (Fsp3) is 0.294. The van der Waals surface area contributed by atoms with E-state index in [0.717, 1.165) is 23.1 Å². The third kappa shape index (κ3) is 2.47. The molecule has 3 aromatic rings. The van der Waals surface area contributed by atoms with Crippen LogP contribution in [0.4, 0.5) is 8.78 Å². The van der Waals surface area contributed by atoms with E-state index in [4.69, 9.17) is 10.3 Å². The molecule has 0 unspecified atom stereocenters. The molecule has 9 heteroatoms. The second kappa shape index (κ2) is 5.72. The van der Waals surface area contributed by atoms with Gasteiger partial charge in [0, 0.05) is 12.6 Å². The van der Waals surface area contributed by atoms with Gasteiger partial charge in [-0.2, -0.15) is 10.1 Å². The van der Waals surface area contributed by atoms with Crippen molar-refractivity contribution in [3.8, 4) is 11.6 Å². The number of halogens is 2. The minimum Gasteiger partial charge on any atom is -0.366 e. The SMILES string of the molecule is Cn1nc(-c2nc(C3(c4ccccc4C(N)=O)CC3)no2)cc1C(F)F. The molecule has 1 fully saturated rings. The van der Waals surface area contributed by atoms with Crippen LogP contribution in [0, 0.1) is 0 Å². The zero-order valence-electron chi connectivity index (χ0n) is 13.8. The maximum absolute atomic E-state index is 12.9. The van der Waals surface area contributed by atoms with Crippen LogP contribution in [0.3, 0.4) is 0 Å². The summed E-state index contributed by atoms with van der Waals surface area (Å²) in [5, 5.41) is 8.02. The van der Waals surface area contributed by atoms with Gasteiger partial charge >= 0.3 is 0 Å². The molecule has 2 aromatic heterocycles. The summed E-state index contributed by atoms with van der Waals surface area (Å²) >= 11 is 0. The van der Waals surface area contributed by atoms with Crippen molar-refractivity contribution >= 4 is 5.91 Å². The molecule has 1 amide bonds. The van der Waals surface area contributed by atoms with Crippen LogP contribution in [-0.4, -0.2) is 25.8 Å². The number of alkyl halides is 2. The largest absolute Gasteiger partial charge is 0.366 e. The quantitative estimate of drug-likeness (QED) is 0.755. The Morgan fingerprint density at radius 3 is 2.69 bits per heavy atom. The maximum atomic E-state index is 12.9. The number of benzene rings is 1. The second-order valence-corrected chi connectivity index (χ2v) is 6.29. The van der Waals surface area contributed by atoms with Gasteiger partial charge in [0.1, 0.15) is 5.69 Å². The third-order valence-electron chi connectivity index (χ3n) is 4.67. The molecule has 1 aromatic carbocycles. The van der Waals surface area contributed by atoms with E-state index in [-0.39, 0.29) is 17.3 Å². The fourth-order valence-corrected chi connectivity index (χ4v) is 3.17. The first-order valence-electron chi connectivity index (χ1n) is 7.98. The summed E-state index contributed by atoms with van der Waals surface area (Å²) in [6, 6.07) is 8.25. The second-order valence-electron chi connectivity index (χ2n) is 6.29. The number of carbonyl (C=O) groups is 1. The lowest BCUT2D eigenvalue weighted by atomic mass is 9.90. The zero-order valence-corrected chi connectivity index (χ0v) is 13.8. The predicted molar refractivity (Wildman–Crippen MR) is 86.4 cm³/mol. The molecule has 0 aliphatic heterocycles. The van der Waals surface area contributed by atoms with E-state index >= 15 is 0 Å². The van der Waals surface area contributed by atoms with Crippen LogP contribution in [-0.2, 0) is 12.5 Å². The van der Waals surface area contributed by atoms with Gasteiger partial charge in [-0.3, -0.25) is 9.48 Å². The van der Waals surface area contributed by atoms with Crippen LogP contribution in [0.1, 0.15) is 46.7 Å². The molecule has 0 saturated heterocycles. The lowest BCUT2D eigenvalue weighted by molar-refractivity contribution is 0.0998. The lowest BCUT2D eigenvalue weighted by Gasteiger charge is -2.14. The van der Waals surface area contributed by atoms with Crippen molar-refractivity contribution in [3.05, 3.63) is 53.0 Å². The van der Waals surface area contributed by atoms with Gasteiger partial charge in [0.2, 0.25) is 5.91 Å². The van der Waals surface area contributed by atoms with Crippen LogP contribution in [0.25, 0.3) is 11.6 Å². The van der Waals surface area contributed by atoms with Gasteiger partial charge in [0.05, 0.1) is 5.41 Å². The number of primary amides is 1. The Labute approximate surface area is 146 Å². The first kappa shape index (κ1) is 16.4. The van der Waals surface area contributed by atoms with Gasteiger partial charge in [-0.1, -0.05) is 23.4 Å². The molecule has 0 bridgehead atoms. The van der Waals surface area contributed by atoms with E-state index in [1.807, 2.05) is 12.1 Å². The summed E-state index contributed by atoms with van der Waals surface area (Å²) < 4.78 is 32.2. The van der Waals surface area contributed by atoms with E-state index in [1.165, 1.54) is 13.1 Å². The number of hydrogen-bond acceptors (Lipinski definition) is 5. The Bertz CT molecular complexity index is 991. The maximum Gasteiger partial charge on any atom is 0.280 e. The van der Waals surface area contributed by atoms with Crippen LogP contribution in [0.2, 0.25) is 0 Å². The van der Waals surface area contributed by atoms with Crippen molar-refractivity contribution in [1.82, 2.24) is 19.9 Å². The summed E-state index contributed by atoms with van der Waals surface area (Å²) in [7, 11) is 1.42. The number of aromatic nitrogens is 4. The summed E-state index contributed by atoms with van der Waals surface area (Å²) in [6.45, 7) is 0. The lowest BCUT2D eigenvalue weighted by Crippen LogP contribution is -2.20. The molecule has 1 saturated carbocycles. The van der Waals surface area contributed by atoms with Crippen molar-refractivity contribution in [2.24, 2.45) is 12.8 Å². The smallest absolute Gasteiger partial charge is 0.280 e. The number of nitrogens with two attached hydrogens (primary N) is 1. The molecular weight excluding hydrogens is 344 g/mol. The highest BCUT2D eigenvalue weighted by Gasteiger charge is 2.51. The molecule has 134 valence electrons. The van der Waals surface area contributed by atoms with Gasteiger partial charge in [-0.25, -0.2) is 8.78 Å². The summed E-state index contributed by atoms with van der Waals surface area (Å²) in [4.78, 5) is 16.1. The zero-order chi connectivity index (χ0) is 18.5. The standard InChI is InChI=1S/C17H15F2N5O2/c1-24-12(13(18)19)8-11(22-24)15-21-16(23-26-15)17(6-7-17)10-5-3-2-4-9(10)14(20)25/h2-5,8,13H,6-7H2,1H3,(H2,20,25). The molecule has 1 aliphatic carbocycles. The molecule has 0 atom stereocenters. The first-order valence-corrected chi connectivity index (χ1v) is 7.98. The van der Waals surface area contributed by atoms with Crippen molar-refractivity contribution in [1.29, 1.82) is 0 Å². The highest BCUT2D eigenvalue weighted by Crippen LogP contribution is 2.53. The van der Waals surface area contributed by atoms with Crippen LogP contribution in [0.15, 0.2) is 34.9 Å². The summed E-state index contributed by atoms with van der Waals surface area (Å²) in [5.74, 6) is -0.0716. The number of hydrogen-bond donors (Lipinski definition) is 1. The highest BCUT2D eigenvalue weighted by atomic mass is 19.3. The molecular formula is C17H15F2N5O2. The van der Waals surface area contributed by atoms with Gasteiger partial charge in [-0.15, -0.1) is 0 Å². The third-order valence-corrected chi connectivity index (χ3v) is 4.67. The van der Waals surface area contributed by atoms with Gasteiger partial charge in [0.15, 0.2) is 11.5 Å². The number of aryl methyl sites for hydroxylation is 1. The van der Waals surface area contributed by atoms with E-state index in [2.05, 4.69) is 15.2 Å². The average Bonchev–Trinajstić information content (AvgIpc) is 3.08. The van der Waals surface area contributed by atoms with Crippen LogP contribution >= 0.6 is 0 Å². The Morgan fingerprint density at radius 2 is 2.08 bits per heavy atom. The van der Waals surface area contributed by atoms with Gasteiger partial charge in [-0.05, 0) is 30.5 Å². The number of amides is 1. The molecule has 1 aliphatic rings. The Balaban J connectivity index is 1.73. The average molecular weight is 359 g/mol. The Morgan fingerprint density at radius 1 is 1.35 bits per heavy atom. The summed E-state index contributed by atoms with van der Waals surface area (Å²) in [5.41, 5.74) is 6.03. The van der Waals surface area contributed by atoms with Crippen LogP contribution < -0.4 is 5.73 Å². The first-order chi connectivity index (χ1) is 12.4. The Kier molecular flexibility index (Phi) is 3.60. The van der Waals surface area contributed by atoms with Gasteiger partial charge < -0.3 is 10.3 Å². The Hall–Kier alpha value is -3.10. The monoisotopic (exact) mass is 359 g/mol. The molecule has 7 nitrogen and oxygen atoms in total. The molecule has 0 spiro atoms. The van der Waals surface area contributed by atoms with E-state index in [9.17, 15) is 13.6 Å².